The number of aromatic nitrogens is 2. The van der Waals surface area contributed by atoms with Gasteiger partial charge in [-0.05, 0) is 31.6 Å². The van der Waals surface area contributed by atoms with Crippen LogP contribution < -0.4 is 9.64 Å². The maximum Gasteiger partial charge on any atom is 0.218 e. The normalized spacial score (nSPS) is 29.8. The highest BCUT2D eigenvalue weighted by molar-refractivity contribution is 5.43. The van der Waals surface area contributed by atoms with Gasteiger partial charge < -0.3 is 9.64 Å². The second kappa shape index (κ2) is 4.58. The van der Waals surface area contributed by atoms with Gasteiger partial charge in [0.1, 0.15) is 12.1 Å². The molecule has 0 N–H and O–H groups in total. The first-order chi connectivity index (χ1) is 9.79. The Labute approximate surface area is 120 Å². The minimum absolute atomic E-state index is 0.431. The number of rotatable bonds is 4. The number of nitrogens with zero attached hydrogens (tertiary/aromatic N) is 4. The number of likely N-dealkylation sites (tertiary alicyclic amines) is 1. The van der Waals surface area contributed by atoms with Crippen molar-refractivity contribution in [2.24, 2.45) is 5.92 Å². The van der Waals surface area contributed by atoms with Crippen molar-refractivity contribution >= 4 is 5.82 Å². The fourth-order valence-electron chi connectivity index (χ4n) is 3.61. The van der Waals surface area contributed by atoms with Crippen molar-refractivity contribution in [3.8, 4) is 5.88 Å². The van der Waals surface area contributed by atoms with Gasteiger partial charge in [0.2, 0.25) is 5.88 Å². The molecule has 4 rings (SSSR count). The van der Waals surface area contributed by atoms with Crippen molar-refractivity contribution < 1.29 is 4.74 Å². The predicted octanol–water partition coefficient (Wildman–Crippen LogP) is 1.55. The van der Waals surface area contributed by atoms with Gasteiger partial charge in [0.25, 0.3) is 0 Å². The highest BCUT2D eigenvalue weighted by Gasteiger charge is 2.50. The number of hydrogen-bond donors (Lipinski definition) is 0. The molecule has 0 aromatic carbocycles. The summed E-state index contributed by atoms with van der Waals surface area (Å²) in [7, 11) is 1.65. The third-order valence-corrected chi connectivity index (χ3v) is 5.19. The lowest BCUT2D eigenvalue weighted by atomic mass is 9.83. The quantitative estimate of drug-likeness (QED) is 0.833. The Morgan fingerprint density at radius 3 is 2.85 bits per heavy atom. The highest BCUT2D eigenvalue weighted by atomic mass is 16.5. The van der Waals surface area contributed by atoms with E-state index < -0.39 is 0 Å². The Balaban J connectivity index is 1.46. The molecule has 3 heterocycles. The third kappa shape index (κ3) is 2.04. The molecule has 5 heteroatoms. The summed E-state index contributed by atoms with van der Waals surface area (Å²) in [6, 6.07) is 1.95. The molecular weight excluding hydrogens is 252 g/mol. The molecule has 1 spiro atoms. The van der Waals surface area contributed by atoms with Crippen molar-refractivity contribution in [3.63, 3.8) is 0 Å². The van der Waals surface area contributed by atoms with Gasteiger partial charge in [0.05, 0.1) is 7.11 Å². The molecule has 1 aliphatic carbocycles. The molecule has 5 nitrogen and oxygen atoms in total. The van der Waals surface area contributed by atoms with Crippen molar-refractivity contribution in [1.29, 1.82) is 0 Å². The van der Waals surface area contributed by atoms with E-state index in [1.165, 1.54) is 38.8 Å². The molecule has 0 unspecified atom stereocenters. The zero-order chi connectivity index (χ0) is 13.6. The van der Waals surface area contributed by atoms with E-state index in [2.05, 4.69) is 19.8 Å². The van der Waals surface area contributed by atoms with Crippen molar-refractivity contribution in [3.05, 3.63) is 12.4 Å². The molecule has 0 amide bonds. The van der Waals surface area contributed by atoms with Crippen LogP contribution >= 0.6 is 0 Å². The van der Waals surface area contributed by atoms with Gasteiger partial charge in [-0.3, -0.25) is 4.90 Å². The predicted molar refractivity (Wildman–Crippen MR) is 77.1 cm³/mol. The smallest absolute Gasteiger partial charge is 0.218 e. The van der Waals surface area contributed by atoms with Crippen LogP contribution in [0.1, 0.15) is 25.7 Å². The minimum Gasteiger partial charge on any atom is -0.481 e. The molecule has 0 bridgehead atoms. The Bertz CT molecular complexity index is 504. The summed E-state index contributed by atoms with van der Waals surface area (Å²) in [5, 5.41) is 0. The lowest BCUT2D eigenvalue weighted by molar-refractivity contribution is -0.000856. The molecule has 3 aliphatic rings. The summed E-state index contributed by atoms with van der Waals surface area (Å²) >= 11 is 0. The Morgan fingerprint density at radius 1 is 1.30 bits per heavy atom. The number of methoxy groups -OCH3 is 1. The highest BCUT2D eigenvalue weighted by Crippen LogP contribution is 2.43. The molecule has 2 saturated heterocycles. The van der Waals surface area contributed by atoms with Gasteiger partial charge in [-0.2, -0.15) is 0 Å². The van der Waals surface area contributed by atoms with Crippen molar-refractivity contribution in [1.82, 2.24) is 14.9 Å². The first-order valence-electron chi connectivity index (χ1n) is 7.65. The summed E-state index contributed by atoms with van der Waals surface area (Å²) in [6.45, 7) is 4.82. The molecule has 0 radical (unpaired) electrons. The van der Waals surface area contributed by atoms with Gasteiger partial charge >= 0.3 is 0 Å². The van der Waals surface area contributed by atoms with Gasteiger partial charge in [0, 0.05) is 37.8 Å². The average molecular weight is 274 g/mol. The summed E-state index contributed by atoms with van der Waals surface area (Å²) < 4.78 is 5.20. The zero-order valence-corrected chi connectivity index (χ0v) is 12.1. The van der Waals surface area contributed by atoms with Crippen molar-refractivity contribution in [2.45, 2.75) is 31.2 Å². The lowest BCUT2D eigenvalue weighted by Gasteiger charge is -2.51. The monoisotopic (exact) mass is 274 g/mol. The SMILES string of the molecule is COc1cc(N2CC[C@]3(CCN3CC3CC3)C2)ncn1. The van der Waals surface area contributed by atoms with Crippen LogP contribution in [-0.2, 0) is 0 Å². The van der Waals surface area contributed by atoms with E-state index >= 15 is 0 Å². The van der Waals surface area contributed by atoms with Gasteiger partial charge in [0.15, 0.2) is 0 Å². The molecule has 3 fully saturated rings. The molecule has 2 aliphatic heterocycles. The van der Waals surface area contributed by atoms with Crippen LogP contribution in [0.15, 0.2) is 12.4 Å². The van der Waals surface area contributed by atoms with Crippen LogP contribution in [0, 0.1) is 5.92 Å². The third-order valence-electron chi connectivity index (χ3n) is 5.19. The first kappa shape index (κ1) is 12.4. The van der Waals surface area contributed by atoms with E-state index in [0.717, 1.165) is 24.8 Å². The van der Waals surface area contributed by atoms with Gasteiger partial charge in [-0.1, -0.05) is 0 Å². The maximum atomic E-state index is 5.20. The molecule has 1 aromatic rings. The van der Waals surface area contributed by atoms with E-state index in [1.54, 1.807) is 13.4 Å². The van der Waals surface area contributed by atoms with Gasteiger partial charge in [-0.25, -0.2) is 9.97 Å². The van der Waals surface area contributed by atoms with Crippen LogP contribution in [0.5, 0.6) is 5.88 Å². The van der Waals surface area contributed by atoms with E-state index in [-0.39, 0.29) is 0 Å². The Morgan fingerprint density at radius 2 is 2.15 bits per heavy atom. The van der Waals surface area contributed by atoms with E-state index in [4.69, 9.17) is 4.74 Å². The van der Waals surface area contributed by atoms with Crippen molar-refractivity contribution in [2.75, 3.05) is 38.2 Å². The lowest BCUT2D eigenvalue weighted by Crippen LogP contribution is -2.61. The summed E-state index contributed by atoms with van der Waals surface area (Å²) in [6.07, 6.45) is 7.10. The molecule has 108 valence electrons. The van der Waals surface area contributed by atoms with Crippen LogP contribution in [0.2, 0.25) is 0 Å². The fraction of sp³-hybridized carbons (Fsp3) is 0.733. The summed E-state index contributed by atoms with van der Waals surface area (Å²) in [5.74, 6) is 2.65. The maximum absolute atomic E-state index is 5.20. The van der Waals surface area contributed by atoms with Crippen LogP contribution in [-0.4, -0.2) is 53.7 Å². The zero-order valence-electron chi connectivity index (χ0n) is 12.1. The van der Waals surface area contributed by atoms with Gasteiger partial charge in [-0.15, -0.1) is 0 Å². The summed E-state index contributed by atoms with van der Waals surface area (Å²) in [5.41, 5.74) is 0.431. The Kier molecular flexibility index (Phi) is 2.84. The summed E-state index contributed by atoms with van der Waals surface area (Å²) in [4.78, 5) is 13.6. The van der Waals surface area contributed by atoms with E-state index in [1.807, 2.05) is 6.07 Å². The Hall–Kier alpha value is -1.36. The molecule has 1 atom stereocenters. The van der Waals surface area contributed by atoms with Crippen LogP contribution in [0.3, 0.4) is 0 Å². The minimum atomic E-state index is 0.431. The largest absolute Gasteiger partial charge is 0.481 e. The van der Waals surface area contributed by atoms with E-state index in [9.17, 15) is 0 Å². The van der Waals surface area contributed by atoms with Crippen LogP contribution in [0.25, 0.3) is 0 Å². The average Bonchev–Trinajstić information content (AvgIpc) is 3.18. The second-order valence-corrected chi connectivity index (χ2v) is 6.45. The number of hydrogen-bond acceptors (Lipinski definition) is 5. The standard InChI is InChI=1S/C15H22N4O/c1-20-14-8-13(16-11-17-14)18-6-4-15(10-18)5-7-19(15)9-12-2-3-12/h8,11-12H,2-7,9-10H2,1H3/t15-/m0/s1. The fourth-order valence-corrected chi connectivity index (χ4v) is 3.61. The first-order valence-corrected chi connectivity index (χ1v) is 7.65. The molecule has 1 saturated carbocycles. The van der Waals surface area contributed by atoms with Crippen LogP contribution in [0.4, 0.5) is 5.82 Å². The van der Waals surface area contributed by atoms with E-state index in [0.29, 0.717) is 11.4 Å². The molecular formula is C15H22N4O. The molecule has 20 heavy (non-hydrogen) atoms. The topological polar surface area (TPSA) is 41.5 Å². The second-order valence-electron chi connectivity index (χ2n) is 6.45. The molecule has 1 aromatic heterocycles. The number of anilines is 1. The number of ether oxygens (including phenoxy) is 1.